The zero-order valence-corrected chi connectivity index (χ0v) is 12.2. The number of hydrogen-bond acceptors (Lipinski definition) is 2. The number of halogens is 1. The molecule has 2 heterocycles. The van der Waals surface area contributed by atoms with Crippen LogP contribution in [-0.4, -0.2) is 10.2 Å². The summed E-state index contributed by atoms with van der Waals surface area (Å²) < 4.78 is 6.59. The molecule has 0 unspecified atom stereocenters. The Bertz CT molecular complexity index is 522. The predicted octanol–water partition coefficient (Wildman–Crippen LogP) is 3.44. The molecule has 0 aliphatic carbocycles. The molecule has 0 radical (unpaired) electrons. The van der Waals surface area contributed by atoms with E-state index < -0.39 is 0 Å². The topological polar surface area (TPSA) is 3.88 Å². The highest BCUT2D eigenvalue weighted by molar-refractivity contribution is 14.1. The van der Waals surface area contributed by atoms with Crippen molar-refractivity contribution in [1.29, 1.82) is 0 Å². The van der Waals surface area contributed by atoms with Gasteiger partial charge in [-0.15, -0.1) is 0 Å². The van der Waals surface area contributed by atoms with Crippen LogP contribution in [0.25, 0.3) is 10.2 Å². The van der Waals surface area contributed by atoms with Gasteiger partial charge in [-0.05, 0) is 17.8 Å². The Balaban J connectivity index is 2.34. The summed E-state index contributed by atoms with van der Waals surface area (Å²) in [6.45, 7) is 2.36. The Morgan fingerprint density at radius 1 is 1.47 bits per heavy atom. The Labute approximate surface area is 111 Å². The van der Waals surface area contributed by atoms with Crippen LogP contribution < -0.4 is 4.57 Å². The van der Waals surface area contributed by atoms with Gasteiger partial charge in [-0.25, -0.2) is 0 Å². The lowest BCUT2D eigenvalue weighted by atomic mass is 10.1. The van der Waals surface area contributed by atoms with Gasteiger partial charge >= 0.3 is 0 Å². The quantitative estimate of drug-likeness (QED) is 0.434. The highest BCUT2D eigenvalue weighted by Gasteiger charge is 2.45. The number of aromatic nitrogens is 1. The highest BCUT2D eigenvalue weighted by atomic mass is 127. The average Bonchev–Trinajstić information content (AvgIpc) is 2.78. The van der Waals surface area contributed by atoms with Gasteiger partial charge in [0.05, 0.1) is 10.2 Å². The maximum Gasteiger partial charge on any atom is 0.299 e. The first-order valence-corrected chi connectivity index (χ1v) is 8.20. The van der Waals surface area contributed by atoms with Crippen LogP contribution in [0.1, 0.15) is 6.92 Å². The normalized spacial score (nSPS) is 24.7. The van der Waals surface area contributed by atoms with E-state index in [2.05, 4.69) is 58.3 Å². The van der Waals surface area contributed by atoms with Gasteiger partial charge in [0.1, 0.15) is 4.70 Å². The number of thiazole rings is 1. The first kappa shape index (κ1) is 10.4. The van der Waals surface area contributed by atoms with Crippen molar-refractivity contribution >= 4 is 55.9 Å². The predicted molar refractivity (Wildman–Crippen MR) is 75.3 cm³/mol. The van der Waals surface area contributed by atoms with E-state index in [1.54, 1.807) is 0 Å². The van der Waals surface area contributed by atoms with Crippen LogP contribution in [0.15, 0.2) is 28.6 Å². The summed E-state index contributed by atoms with van der Waals surface area (Å²) in [7, 11) is 0. The van der Waals surface area contributed by atoms with Gasteiger partial charge in [-0.3, -0.25) is 0 Å². The summed E-state index contributed by atoms with van der Waals surface area (Å²) in [5.41, 5.74) is 1.71. The van der Waals surface area contributed by atoms with Crippen LogP contribution in [0, 0.1) is 0 Å². The molecule has 1 nitrogen and oxygen atoms in total. The van der Waals surface area contributed by atoms with Gasteiger partial charge in [0.2, 0.25) is 5.52 Å². The molecule has 0 saturated carbocycles. The van der Waals surface area contributed by atoms with Gasteiger partial charge in [0.15, 0.2) is 5.54 Å². The van der Waals surface area contributed by atoms with Crippen LogP contribution in [0.2, 0.25) is 0 Å². The van der Waals surface area contributed by atoms with Gasteiger partial charge in [0, 0.05) is 13.0 Å². The number of fused-ring (bicyclic) bond motifs is 3. The average molecular weight is 348 g/mol. The molecule has 15 heavy (non-hydrogen) atoms. The van der Waals surface area contributed by atoms with Crippen LogP contribution >= 0.6 is 45.7 Å². The third-order valence-corrected chi connectivity index (χ3v) is 7.19. The molecule has 1 aliphatic heterocycles. The number of nitrogens with zero attached hydrogens (tertiary/aromatic N) is 1. The monoisotopic (exact) mass is 348 g/mol. The Hall–Kier alpha value is 0.190. The lowest BCUT2D eigenvalue weighted by Crippen LogP contribution is -2.53. The summed E-state index contributed by atoms with van der Waals surface area (Å²) >= 11 is 6.43. The number of benzene rings is 1. The minimum atomic E-state index is 0.306. The second kappa shape index (κ2) is 3.60. The summed E-state index contributed by atoms with van der Waals surface area (Å²) in [5.74, 6) is 1.21. The van der Waals surface area contributed by atoms with Gasteiger partial charge in [-0.1, -0.05) is 46.1 Å². The largest absolute Gasteiger partial charge is 0.299 e. The second-order valence-electron chi connectivity index (χ2n) is 4.09. The van der Waals surface area contributed by atoms with E-state index in [0.29, 0.717) is 5.54 Å². The van der Waals surface area contributed by atoms with Crippen LogP contribution in [0.5, 0.6) is 0 Å². The van der Waals surface area contributed by atoms with Crippen molar-refractivity contribution < 1.29 is 4.57 Å². The fourth-order valence-corrected chi connectivity index (χ4v) is 5.73. The van der Waals surface area contributed by atoms with Crippen LogP contribution in [0.3, 0.4) is 0 Å². The number of hydrogen-bond donors (Lipinski definition) is 0. The number of rotatable bonds is 1. The van der Waals surface area contributed by atoms with E-state index in [0.717, 1.165) is 0 Å². The first-order valence-electron chi connectivity index (χ1n) is 4.87. The summed E-state index contributed by atoms with van der Waals surface area (Å²) in [6.07, 6.45) is 0. The van der Waals surface area contributed by atoms with Crippen molar-refractivity contribution in [1.82, 2.24) is 0 Å². The van der Waals surface area contributed by atoms with E-state index in [-0.39, 0.29) is 0 Å². The minimum absolute atomic E-state index is 0.306. The molecule has 2 aromatic rings. The van der Waals surface area contributed by atoms with Gasteiger partial charge < -0.3 is 0 Å². The molecule has 0 amide bonds. The molecule has 1 atom stereocenters. The standard InChI is InChI=1S/C11H11INS2/c1-11(6-12)7-14-10-13(11)8-4-2-3-5-9(8)15-10/h2-5H,6-7H2,1H3/q+1/t11-/m1/s1. The van der Waals surface area contributed by atoms with E-state index in [4.69, 9.17) is 0 Å². The lowest BCUT2D eigenvalue weighted by molar-refractivity contribution is -0.749. The van der Waals surface area contributed by atoms with Crippen molar-refractivity contribution in [2.75, 3.05) is 10.2 Å². The van der Waals surface area contributed by atoms with E-state index in [9.17, 15) is 0 Å². The van der Waals surface area contributed by atoms with Crippen molar-refractivity contribution in [3.05, 3.63) is 24.3 Å². The Morgan fingerprint density at radius 2 is 2.27 bits per heavy atom. The molecular formula is C11H11INS2+. The number of alkyl halides is 1. The summed E-state index contributed by atoms with van der Waals surface area (Å²) in [6, 6.07) is 8.73. The molecule has 1 aromatic heterocycles. The minimum Gasteiger partial charge on any atom is -0.169 e. The fraction of sp³-hybridized carbons (Fsp3) is 0.364. The molecule has 1 aromatic carbocycles. The second-order valence-corrected chi connectivity index (χ2v) is 7.11. The van der Waals surface area contributed by atoms with Crippen molar-refractivity contribution in [3.63, 3.8) is 0 Å². The molecule has 0 spiro atoms. The van der Waals surface area contributed by atoms with E-state index >= 15 is 0 Å². The van der Waals surface area contributed by atoms with Crippen LogP contribution in [0.4, 0.5) is 0 Å². The third kappa shape index (κ3) is 1.45. The fourth-order valence-electron chi connectivity index (χ4n) is 1.95. The zero-order chi connectivity index (χ0) is 10.5. The SMILES string of the molecule is C[C@@]1(CI)CSc2sc3ccccc3[n+]21. The molecule has 0 N–H and O–H groups in total. The van der Waals surface area contributed by atoms with Crippen molar-refractivity contribution in [3.8, 4) is 0 Å². The highest BCUT2D eigenvalue weighted by Crippen LogP contribution is 2.39. The first-order chi connectivity index (χ1) is 7.24. The molecule has 4 heteroatoms. The Kier molecular flexibility index (Phi) is 2.48. The summed E-state index contributed by atoms with van der Waals surface area (Å²) in [5, 5.41) is 0. The zero-order valence-electron chi connectivity index (χ0n) is 8.37. The summed E-state index contributed by atoms with van der Waals surface area (Å²) in [4.78, 5) is 0. The molecule has 78 valence electrons. The molecular weight excluding hydrogens is 337 g/mol. The molecule has 0 saturated heterocycles. The van der Waals surface area contributed by atoms with E-state index in [1.807, 2.05) is 23.1 Å². The van der Waals surface area contributed by atoms with Crippen LogP contribution in [-0.2, 0) is 5.54 Å². The lowest BCUT2D eigenvalue weighted by Gasteiger charge is -2.13. The third-order valence-electron chi connectivity index (χ3n) is 2.82. The van der Waals surface area contributed by atoms with Gasteiger partial charge in [-0.2, -0.15) is 4.57 Å². The molecule has 3 rings (SSSR count). The van der Waals surface area contributed by atoms with E-state index in [1.165, 1.54) is 24.7 Å². The molecule has 0 fully saturated rings. The van der Waals surface area contributed by atoms with Crippen molar-refractivity contribution in [2.45, 2.75) is 16.8 Å². The maximum atomic E-state index is 2.53. The maximum absolute atomic E-state index is 2.53. The molecule has 1 aliphatic rings. The molecule has 0 bridgehead atoms. The van der Waals surface area contributed by atoms with Crippen molar-refractivity contribution in [2.24, 2.45) is 0 Å². The Morgan fingerprint density at radius 3 is 3.07 bits per heavy atom. The number of thioether (sulfide) groups is 1. The van der Waals surface area contributed by atoms with Gasteiger partial charge in [0.25, 0.3) is 4.34 Å². The number of para-hydroxylation sites is 1. The smallest absolute Gasteiger partial charge is 0.169 e.